The summed E-state index contributed by atoms with van der Waals surface area (Å²) < 4.78 is 5.70. The van der Waals surface area contributed by atoms with Crippen LogP contribution in [-0.4, -0.2) is 39.2 Å². The average molecular weight is 458 g/mol. The Bertz CT molecular complexity index is 960. The first-order valence-electron chi connectivity index (χ1n) is 9.02. The lowest BCUT2D eigenvalue weighted by atomic mass is 10.1. The number of tetrazole rings is 1. The summed E-state index contributed by atoms with van der Waals surface area (Å²) >= 11 is 3.35. The number of amides is 1. The van der Waals surface area contributed by atoms with Gasteiger partial charge in [-0.15, -0.1) is 10.2 Å². The second-order valence-corrected chi connectivity index (χ2v) is 7.17. The van der Waals surface area contributed by atoms with E-state index in [1.807, 2.05) is 30.3 Å². The highest BCUT2D eigenvalue weighted by Crippen LogP contribution is 2.18. The Hall–Kier alpha value is -3.07. The largest absolute Gasteiger partial charge is 0.467 e. The fourth-order valence-electron chi connectivity index (χ4n) is 2.71. The van der Waals surface area contributed by atoms with Crippen molar-refractivity contribution in [1.82, 2.24) is 25.5 Å². The number of carbonyl (C=O) groups excluding carboxylic acids is 2. The van der Waals surface area contributed by atoms with Crippen LogP contribution in [0.1, 0.15) is 24.4 Å². The predicted molar refractivity (Wildman–Crippen MR) is 110 cm³/mol. The van der Waals surface area contributed by atoms with Gasteiger partial charge in [0.2, 0.25) is 11.7 Å². The first-order valence-corrected chi connectivity index (χ1v) is 9.82. The molecule has 0 aliphatic rings. The van der Waals surface area contributed by atoms with E-state index in [2.05, 4.69) is 36.7 Å². The Morgan fingerprint density at radius 1 is 1.14 bits per heavy atom. The summed E-state index contributed by atoms with van der Waals surface area (Å²) in [5, 5.41) is 15.1. The molecule has 0 spiro atoms. The maximum Gasteiger partial charge on any atom is 0.333 e. The molecule has 1 heterocycles. The lowest BCUT2D eigenvalue weighted by molar-refractivity contribution is -0.145. The molecule has 1 N–H and O–H groups in total. The molecular formula is C20H20BrN5O3. The van der Waals surface area contributed by atoms with Crippen molar-refractivity contribution in [3.8, 4) is 11.4 Å². The molecule has 9 heteroatoms. The number of halogens is 1. The van der Waals surface area contributed by atoms with Gasteiger partial charge in [0.05, 0.1) is 13.7 Å². The fraction of sp³-hybridized carbons (Fsp3) is 0.250. The zero-order valence-electron chi connectivity index (χ0n) is 15.8. The maximum atomic E-state index is 12.3. The number of rotatable bonds is 8. The van der Waals surface area contributed by atoms with Gasteiger partial charge in [0.25, 0.3) is 0 Å². The molecule has 3 aromatic rings. The number of ether oxygens (including phenoxy) is 1. The summed E-state index contributed by atoms with van der Waals surface area (Å²) in [6.45, 7) is 0.439. The van der Waals surface area contributed by atoms with Gasteiger partial charge in [-0.3, -0.25) is 4.79 Å². The van der Waals surface area contributed by atoms with Gasteiger partial charge in [-0.1, -0.05) is 58.4 Å². The second kappa shape index (κ2) is 9.92. The normalized spacial score (nSPS) is 11.7. The molecule has 1 atom stereocenters. The molecule has 0 bridgehead atoms. The lowest BCUT2D eigenvalue weighted by Crippen LogP contribution is -2.34. The summed E-state index contributed by atoms with van der Waals surface area (Å²) in [6, 6.07) is 15.8. The molecule has 3 rings (SSSR count). The van der Waals surface area contributed by atoms with Crippen molar-refractivity contribution >= 4 is 27.8 Å². The van der Waals surface area contributed by atoms with Crippen LogP contribution in [0.15, 0.2) is 59.1 Å². The van der Waals surface area contributed by atoms with Crippen LogP contribution in [0, 0.1) is 0 Å². The van der Waals surface area contributed by atoms with Gasteiger partial charge in [0, 0.05) is 16.5 Å². The van der Waals surface area contributed by atoms with Crippen LogP contribution in [0.4, 0.5) is 0 Å². The van der Waals surface area contributed by atoms with Crippen LogP contribution in [-0.2, 0) is 20.9 Å². The van der Waals surface area contributed by atoms with Crippen LogP contribution < -0.4 is 5.32 Å². The smallest absolute Gasteiger partial charge is 0.333 e. The Labute approximate surface area is 176 Å². The molecule has 0 saturated heterocycles. The number of nitrogens with zero attached hydrogens (tertiary/aromatic N) is 4. The Morgan fingerprint density at radius 2 is 1.86 bits per heavy atom. The molecule has 0 radical (unpaired) electrons. The van der Waals surface area contributed by atoms with E-state index in [0.717, 1.165) is 10.0 Å². The van der Waals surface area contributed by atoms with Crippen molar-refractivity contribution in [1.29, 1.82) is 0 Å². The Kier molecular flexibility index (Phi) is 7.07. The Morgan fingerprint density at radius 3 is 2.55 bits per heavy atom. The zero-order chi connectivity index (χ0) is 20.6. The molecule has 0 aliphatic carbocycles. The monoisotopic (exact) mass is 457 g/mol. The molecular weight excluding hydrogens is 438 g/mol. The number of aromatic nitrogens is 4. The molecule has 2 aromatic carbocycles. The third-order valence-corrected chi connectivity index (χ3v) is 4.72. The highest BCUT2D eigenvalue weighted by molar-refractivity contribution is 9.10. The van der Waals surface area contributed by atoms with Gasteiger partial charge in [-0.25, -0.2) is 4.79 Å². The summed E-state index contributed by atoms with van der Waals surface area (Å²) in [7, 11) is 1.29. The zero-order valence-corrected chi connectivity index (χ0v) is 17.4. The highest BCUT2D eigenvalue weighted by atomic mass is 79.9. The van der Waals surface area contributed by atoms with Crippen molar-refractivity contribution < 1.29 is 14.3 Å². The summed E-state index contributed by atoms with van der Waals surface area (Å²) in [5.41, 5.74) is 1.53. The second-order valence-electron chi connectivity index (χ2n) is 6.25. The lowest BCUT2D eigenvalue weighted by Gasteiger charge is -2.17. The van der Waals surface area contributed by atoms with E-state index in [0.29, 0.717) is 24.4 Å². The minimum atomic E-state index is -0.852. The van der Waals surface area contributed by atoms with Crippen LogP contribution in [0.3, 0.4) is 0 Å². The van der Waals surface area contributed by atoms with Crippen molar-refractivity contribution in [2.75, 3.05) is 7.11 Å². The molecule has 1 aromatic heterocycles. The van der Waals surface area contributed by atoms with E-state index >= 15 is 0 Å². The Balaban J connectivity index is 1.54. The summed E-state index contributed by atoms with van der Waals surface area (Å²) in [6.07, 6.45) is 0.719. The van der Waals surface area contributed by atoms with Crippen molar-refractivity contribution in [2.24, 2.45) is 0 Å². The third kappa shape index (κ3) is 5.71. The third-order valence-electron chi connectivity index (χ3n) is 4.19. The molecule has 29 heavy (non-hydrogen) atoms. The minimum Gasteiger partial charge on any atom is -0.467 e. The van der Waals surface area contributed by atoms with E-state index < -0.39 is 12.0 Å². The number of esters is 1. The van der Waals surface area contributed by atoms with E-state index in [-0.39, 0.29) is 12.3 Å². The van der Waals surface area contributed by atoms with Gasteiger partial charge < -0.3 is 10.1 Å². The molecule has 1 unspecified atom stereocenters. The molecule has 8 nitrogen and oxygen atoms in total. The van der Waals surface area contributed by atoms with Gasteiger partial charge in [0.15, 0.2) is 6.04 Å². The number of carbonyl (C=O) groups is 2. The van der Waals surface area contributed by atoms with E-state index in [1.54, 1.807) is 24.3 Å². The maximum absolute atomic E-state index is 12.3. The first kappa shape index (κ1) is 20.7. The number of nitrogens with one attached hydrogen (secondary N) is 1. The van der Waals surface area contributed by atoms with E-state index in [1.165, 1.54) is 11.9 Å². The van der Waals surface area contributed by atoms with Gasteiger partial charge in [0.1, 0.15) is 0 Å². The van der Waals surface area contributed by atoms with Gasteiger partial charge in [-0.2, -0.15) is 4.80 Å². The minimum absolute atomic E-state index is 0.215. The predicted octanol–water partition coefficient (Wildman–Crippen LogP) is 2.91. The SMILES string of the molecule is COC(=O)C(NC(=O)CCCn1nnc(-c2ccccc2)n1)c1ccc(Br)cc1. The number of methoxy groups -OCH3 is 1. The molecule has 0 saturated carbocycles. The molecule has 0 aliphatic heterocycles. The quantitative estimate of drug-likeness (QED) is 0.522. The van der Waals surface area contributed by atoms with E-state index in [4.69, 9.17) is 4.74 Å². The first-order chi connectivity index (χ1) is 14.1. The number of hydrogen-bond donors (Lipinski definition) is 1. The van der Waals surface area contributed by atoms with Crippen LogP contribution in [0.25, 0.3) is 11.4 Å². The number of benzene rings is 2. The number of hydrogen-bond acceptors (Lipinski definition) is 6. The fourth-order valence-corrected chi connectivity index (χ4v) is 2.97. The van der Waals surface area contributed by atoms with Crippen LogP contribution in [0.2, 0.25) is 0 Å². The van der Waals surface area contributed by atoms with Crippen molar-refractivity contribution in [2.45, 2.75) is 25.4 Å². The molecule has 0 fully saturated rings. The molecule has 150 valence electrons. The number of aryl methyl sites for hydroxylation is 1. The van der Waals surface area contributed by atoms with Crippen molar-refractivity contribution in [3.63, 3.8) is 0 Å². The van der Waals surface area contributed by atoms with Gasteiger partial charge in [-0.05, 0) is 29.3 Å². The molecule has 1 amide bonds. The highest BCUT2D eigenvalue weighted by Gasteiger charge is 2.23. The summed E-state index contributed by atoms with van der Waals surface area (Å²) in [4.78, 5) is 25.9. The summed E-state index contributed by atoms with van der Waals surface area (Å²) in [5.74, 6) is -0.242. The van der Waals surface area contributed by atoms with Crippen molar-refractivity contribution in [3.05, 3.63) is 64.6 Å². The average Bonchev–Trinajstić information content (AvgIpc) is 3.22. The van der Waals surface area contributed by atoms with Crippen LogP contribution >= 0.6 is 15.9 Å². The van der Waals surface area contributed by atoms with E-state index in [9.17, 15) is 9.59 Å². The topological polar surface area (TPSA) is 99.0 Å². The standard InChI is InChI=1S/C20H20BrN5O3/c1-29-20(28)18(14-9-11-16(21)12-10-14)22-17(27)8-5-13-26-24-19(23-25-26)15-6-3-2-4-7-15/h2-4,6-7,9-12,18H,5,8,13H2,1H3,(H,22,27). The van der Waals surface area contributed by atoms with Crippen LogP contribution in [0.5, 0.6) is 0 Å². The van der Waals surface area contributed by atoms with Gasteiger partial charge >= 0.3 is 5.97 Å².